The summed E-state index contributed by atoms with van der Waals surface area (Å²) in [5.41, 5.74) is 0.971. The molecule has 2 aromatic rings. The summed E-state index contributed by atoms with van der Waals surface area (Å²) in [6.07, 6.45) is 6.75. The number of rotatable bonds is 5. The van der Waals surface area contributed by atoms with Crippen LogP contribution in [0.4, 0.5) is 0 Å². The second-order valence-corrected chi connectivity index (χ2v) is 7.48. The molecule has 1 fully saturated rings. The van der Waals surface area contributed by atoms with Gasteiger partial charge in [0.05, 0.1) is 0 Å². The highest BCUT2D eigenvalue weighted by atomic mass is 32.1. The summed E-state index contributed by atoms with van der Waals surface area (Å²) < 4.78 is 2.08. The Morgan fingerprint density at radius 2 is 2.00 bits per heavy atom. The van der Waals surface area contributed by atoms with Gasteiger partial charge in [-0.25, -0.2) is 14.6 Å². The second-order valence-electron chi connectivity index (χ2n) is 6.53. The van der Waals surface area contributed by atoms with Crippen molar-refractivity contribution in [1.29, 1.82) is 0 Å². The van der Waals surface area contributed by atoms with Gasteiger partial charge in [-0.1, -0.05) is 19.3 Å². The highest BCUT2D eigenvalue weighted by Gasteiger charge is 2.19. The third kappa shape index (κ3) is 3.73. The lowest BCUT2D eigenvalue weighted by Crippen LogP contribution is -2.16. The third-order valence-electron chi connectivity index (χ3n) is 4.17. The van der Waals surface area contributed by atoms with Gasteiger partial charge in [0.1, 0.15) is 16.5 Å². The van der Waals surface area contributed by atoms with Crippen LogP contribution in [0, 0.1) is 12.8 Å². The number of hydrogen-bond acceptors (Lipinski definition) is 5. The van der Waals surface area contributed by atoms with E-state index >= 15 is 0 Å². The van der Waals surface area contributed by atoms with Gasteiger partial charge in [0.25, 0.3) is 0 Å². The van der Waals surface area contributed by atoms with Crippen molar-refractivity contribution in [3.63, 3.8) is 0 Å². The maximum Gasteiger partial charge on any atom is 0.177 e. The molecule has 3 rings (SSSR count). The third-order valence-corrected chi connectivity index (χ3v) is 5.00. The minimum atomic E-state index is 0.744. The molecule has 0 spiro atoms. The molecule has 0 amide bonds. The fraction of sp³-hybridized carbons (Fsp3) is 0.688. The predicted molar refractivity (Wildman–Crippen MR) is 89.8 cm³/mol. The largest absolute Gasteiger partial charge is 0.303 e. The molecule has 6 heteroatoms. The van der Waals surface area contributed by atoms with Crippen LogP contribution in [0.5, 0.6) is 0 Å². The number of thiazole rings is 1. The Morgan fingerprint density at radius 1 is 1.23 bits per heavy atom. The molecule has 0 radical (unpaired) electrons. The monoisotopic (exact) mass is 319 g/mol. The van der Waals surface area contributed by atoms with Crippen molar-refractivity contribution in [1.82, 2.24) is 24.6 Å². The van der Waals surface area contributed by atoms with Crippen LogP contribution in [-0.2, 0) is 13.1 Å². The normalized spacial score (nSPS) is 16.5. The first kappa shape index (κ1) is 15.6. The van der Waals surface area contributed by atoms with Crippen molar-refractivity contribution in [2.24, 2.45) is 5.92 Å². The Labute approximate surface area is 136 Å². The highest BCUT2D eigenvalue weighted by molar-refractivity contribution is 7.09. The summed E-state index contributed by atoms with van der Waals surface area (Å²) in [6.45, 7) is 3.82. The highest BCUT2D eigenvalue weighted by Crippen LogP contribution is 2.27. The van der Waals surface area contributed by atoms with Crippen LogP contribution in [0.1, 0.15) is 42.9 Å². The van der Waals surface area contributed by atoms with Gasteiger partial charge in [-0.3, -0.25) is 0 Å². The molecule has 0 aliphatic heterocycles. The van der Waals surface area contributed by atoms with Crippen LogP contribution in [0.3, 0.4) is 0 Å². The molecule has 0 atom stereocenters. The molecule has 5 nitrogen and oxygen atoms in total. The van der Waals surface area contributed by atoms with Gasteiger partial charge in [-0.05, 0) is 39.8 Å². The zero-order chi connectivity index (χ0) is 15.5. The average molecular weight is 319 g/mol. The number of hydrogen-bond donors (Lipinski definition) is 0. The smallest absolute Gasteiger partial charge is 0.177 e. The van der Waals surface area contributed by atoms with E-state index in [0.29, 0.717) is 0 Å². The molecule has 1 aliphatic rings. The summed E-state index contributed by atoms with van der Waals surface area (Å²) in [6, 6.07) is 0. The Kier molecular flexibility index (Phi) is 4.88. The second kappa shape index (κ2) is 6.87. The Balaban J connectivity index is 1.79. The number of nitrogens with zero attached hydrogens (tertiary/aromatic N) is 5. The van der Waals surface area contributed by atoms with E-state index in [0.717, 1.165) is 41.4 Å². The molecule has 1 saturated carbocycles. The van der Waals surface area contributed by atoms with E-state index < -0.39 is 0 Å². The lowest BCUT2D eigenvalue weighted by atomic mass is 9.89. The fourth-order valence-corrected chi connectivity index (χ4v) is 4.03. The van der Waals surface area contributed by atoms with Crippen LogP contribution >= 0.6 is 11.3 Å². The van der Waals surface area contributed by atoms with Crippen molar-refractivity contribution >= 4 is 11.3 Å². The molecular weight excluding hydrogens is 294 g/mol. The SMILES string of the molecule is Cc1nc(-c2csc(CN(C)C)n2)n(CC2CCCCC2)n1. The van der Waals surface area contributed by atoms with E-state index in [-0.39, 0.29) is 0 Å². The molecule has 2 heterocycles. The van der Waals surface area contributed by atoms with E-state index in [1.807, 2.05) is 6.92 Å². The van der Waals surface area contributed by atoms with Gasteiger partial charge in [-0.15, -0.1) is 11.3 Å². The minimum Gasteiger partial charge on any atom is -0.303 e. The van der Waals surface area contributed by atoms with Crippen molar-refractivity contribution in [2.75, 3.05) is 14.1 Å². The standard InChI is InChI=1S/C16H25N5S/c1-12-17-16(14-11-22-15(18-14)10-20(2)3)21(19-12)9-13-7-5-4-6-8-13/h11,13H,4-10H2,1-3H3. The average Bonchev–Trinajstić information content (AvgIpc) is 3.06. The molecule has 0 unspecified atom stereocenters. The molecule has 120 valence electrons. The Morgan fingerprint density at radius 3 is 2.73 bits per heavy atom. The summed E-state index contributed by atoms with van der Waals surface area (Å²) >= 11 is 1.70. The van der Waals surface area contributed by atoms with Crippen LogP contribution in [0.25, 0.3) is 11.5 Å². The summed E-state index contributed by atoms with van der Waals surface area (Å²) in [5, 5.41) is 7.85. The van der Waals surface area contributed by atoms with Crippen LogP contribution in [-0.4, -0.2) is 38.7 Å². The molecule has 2 aromatic heterocycles. The zero-order valence-electron chi connectivity index (χ0n) is 13.7. The molecular formula is C16H25N5S. The Hall–Kier alpha value is -1.27. The summed E-state index contributed by atoms with van der Waals surface area (Å²) in [4.78, 5) is 11.5. The van der Waals surface area contributed by atoms with Crippen molar-refractivity contribution in [3.05, 3.63) is 16.2 Å². The van der Waals surface area contributed by atoms with E-state index in [1.165, 1.54) is 32.1 Å². The van der Waals surface area contributed by atoms with Crippen molar-refractivity contribution < 1.29 is 0 Å². The van der Waals surface area contributed by atoms with Gasteiger partial charge in [0, 0.05) is 18.5 Å². The van der Waals surface area contributed by atoms with E-state index in [4.69, 9.17) is 4.98 Å². The number of aromatic nitrogens is 4. The molecule has 1 aliphatic carbocycles. The summed E-state index contributed by atoms with van der Waals surface area (Å²) in [7, 11) is 4.13. The molecule has 0 N–H and O–H groups in total. The fourth-order valence-electron chi connectivity index (χ4n) is 3.14. The van der Waals surface area contributed by atoms with E-state index in [9.17, 15) is 0 Å². The molecule has 0 aromatic carbocycles. The molecule has 0 saturated heterocycles. The summed E-state index contributed by atoms with van der Waals surface area (Å²) in [5.74, 6) is 2.52. The lowest BCUT2D eigenvalue weighted by molar-refractivity contribution is 0.309. The van der Waals surface area contributed by atoms with Gasteiger partial charge >= 0.3 is 0 Å². The minimum absolute atomic E-state index is 0.744. The van der Waals surface area contributed by atoms with Gasteiger partial charge in [0.15, 0.2) is 5.82 Å². The Bertz CT molecular complexity index is 610. The predicted octanol–water partition coefficient (Wildman–Crippen LogP) is 3.35. The van der Waals surface area contributed by atoms with Gasteiger partial charge in [0.2, 0.25) is 0 Å². The van der Waals surface area contributed by atoms with Crippen molar-refractivity contribution in [2.45, 2.75) is 52.1 Å². The maximum absolute atomic E-state index is 4.74. The van der Waals surface area contributed by atoms with Crippen LogP contribution in [0.2, 0.25) is 0 Å². The van der Waals surface area contributed by atoms with Gasteiger partial charge in [-0.2, -0.15) is 5.10 Å². The zero-order valence-corrected chi connectivity index (χ0v) is 14.6. The van der Waals surface area contributed by atoms with Crippen molar-refractivity contribution in [3.8, 4) is 11.5 Å². The number of aryl methyl sites for hydroxylation is 1. The quantitative estimate of drug-likeness (QED) is 0.848. The van der Waals surface area contributed by atoms with E-state index in [2.05, 4.69) is 39.1 Å². The van der Waals surface area contributed by atoms with E-state index in [1.54, 1.807) is 11.3 Å². The first-order valence-corrected chi connectivity index (χ1v) is 9.00. The lowest BCUT2D eigenvalue weighted by Gasteiger charge is -2.21. The van der Waals surface area contributed by atoms with Crippen LogP contribution < -0.4 is 0 Å². The molecule has 22 heavy (non-hydrogen) atoms. The topological polar surface area (TPSA) is 46.8 Å². The van der Waals surface area contributed by atoms with Gasteiger partial charge < -0.3 is 4.90 Å². The van der Waals surface area contributed by atoms with Crippen LogP contribution in [0.15, 0.2) is 5.38 Å². The first-order chi connectivity index (χ1) is 10.6. The first-order valence-electron chi connectivity index (χ1n) is 8.13. The maximum atomic E-state index is 4.74. The molecule has 0 bridgehead atoms.